The van der Waals surface area contributed by atoms with E-state index in [2.05, 4.69) is 38.4 Å². The zero-order valence-electron chi connectivity index (χ0n) is 10.7. The fourth-order valence-electron chi connectivity index (χ4n) is 1.51. The Kier molecular flexibility index (Phi) is 5.55. The number of hydrogen-bond donors (Lipinski definition) is 2. The maximum atomic E-state index is 11.6. The molecule has 0 spiro atoms. The average Bonchev–Trinajstić information content (AvgIpc) is 2.48. The molecule has 0 heterocycles. The molecule has 5 heteroatoms. The van der Waals surface area contributed by atoms with Gasteiger partial charge in [0, 0.05) is 9.26 Å². The van der Waals surface area contributed by atoms with E-state index in [-0.39, 0.29) is 12.5 Å². The molecule has 0 bridgehead atoms. The van der Waals surface area contributed by atoms with Gasteiger partial charge in [-0.05, 0) is 52.4 Å². The smallest absolute Gasteiger partial charge is 0.259 e. The van der Waals surface area contributed by atoms with Crippen LogP contribution < -0.4 is 10.7 Å². The first-order valence-corrected chi connectivity index (χ1v) is 7.18. The molecule has 102 valence electrons. The molecule has 0 saturated carbocycles. The molecule has 20 heavy (non-hydrogen) atoms. The third kappa shape index (κ3) is 5.00. The molecule has 0 fully saturated rings. The lowest BCUT2D eigenvalue weighted by Gasteiger charge is -2.05. The molecule has 0 aliphatic carbocycles. The molecular formula is C15H14IN3O. The van der Waals surface area contributed by atoms with E-state index >= 15 is 0 Å². The highest BCUT2D eigenvalue weighted by molar-refractivity contribution is 14.1. The molecule has 4 nitrogen and oxygen atoms in total. The van der Waals surface area contributed by atoms with Crippen LogP contribution >= 0.6 is 22.6 Å². The fourth-order valence-corrected chi connectivity index (χ4v) is 1.87. The van der Waals surface area contributed by atoms with Gasteiger partial charge < -0.3 is 5.32 Å². The summed E-state index contributed by atoms with van der Waals surface area (Å²) in [6.07, 6.45) is 1.61. The van der Waals surface area contributed by atoms with Gasteiger partial charge in [0.2, 0.25) is 0 Å². The molecule has 2 N–H and O–H groups in total. The van der Waals surface area contributed by atoms with Gasteiger partial charge in [0.25, 0.3) is 5.91 Å². The summed E-state index contributed by atoms with van der Waals surface area (Å²) in [4.78, 5) is 11.6. The Morgan fingerprint density at radius 3 is 2.50 bits per heavy atom. The molecule has 0 aliphatic heterocycles. The van der Waals surface area contributed by atoms with Crippen molar-refractivity contribution < 1.29 is 4.79 Å². The van der Waals surface area contributed by atoms with Crippen molar-refractivity contribution in [1.29, 1.82) is 0 Å². The summed E-state index contributed by atoms with van der Waals surface area (Å²) < 4.78 is 1.16. The summed E-state index contributed by atoms with van der Waals surface area (Å²) in [6.45, 7) is 0.187. The lowest BCUT2D eigenvalue weighted by atomic mass is 10.2. The number of anilines is 1. The first-order valence-electron chi connectivity index (χ1n) is 6.10. The maximum Gasteiger partial charge on any atom is 0.259 e. The van der Waals surface area contributed by atoms with Crippen LogP contribution in [-0.2, 0) is 4.79 Å². The second-order valence-electron chi connectivity index (χ2n) is 4.06. The third-order valence-corrected chi connectivity index (χ3v) is 3.22. The number of halogens is 1. The zero-order chi connectivity index (χ0) is 14.2. The zero-order valence-corrected chi connectivity index (χ0v) is 12.9. The number of hydrogen-bond acceptors (Lipinski definition) is 3. The number of nitrogens with zero attached hydrogens (tertiary/aromatic N) is 1. The fraction of sp³-hybridized carbons (Fsp3) is 0.0667. The van der Waals surface area contributed by atoms with Crippen LogP contribution in [-0.4, -0.2) is 18.7 Å². The van der Waals surface area contributed by atoms with E-state index in [1.54, 1.807) is 6.21 Å². The van der Waals surface area contributed by atoms with Gasteiger partial charge in [-0.2, -0.15) is 5.10 Å². The largest absolute Gasteiger partial charge is 0.376 e. The van der Waals surface area contributed by atoms with Crippen molar-refractivity contribution in [3.63, 3.8) is 0 Å². The second kappa shape index (κ2) is 7.64. The molecule has 0 atom stereocenters. The standard InChI is InChI=1S/C15H14IN3O/c16-13-6-8-14(9-7-13)17-11-15(20)19-18-10-12-4-2-1-3-5-12/h1-10,17H,11H2,(H,19,20)/b18-10+. The van der Waals surface area contributed by atoms with Gasteiger partial charge in [-0.25, -0.2) is 5.43 Å². The highest BCUT2D eigenvalue weighted by atomic mass is 127. The minimum absolute atomic E-state index is 0.185. The molecule has 1 amide bonds. The molecular weight excluding hydrogens is 365 g/mol. The van der Waals surface area contributed by atoms with Crippen molar-refractivity contribution in [2.45, 2.75) is 0 Å². The Bertz CT molecular complexity index is 582. The Morgan fingerprint density at radius 2 is 1.80 bits per heavy atom. The highest BCUT2D eigenvalue weighted by Crippen LogP contribution is 2.10. The van der Waals surface area contributed by atoms with Gasteiger partial charge in [0.05, 0.1) is 12.8 Å². The molecule has 2 aromatic rings. The molecule has 2 rings (SSSR count). The Labute approximate surface area is 131 Å². The third-order valence-electron chi connectivity index (χ3n) is 2.50. The number of nitrogens with one attached hydrogen (secondary N) is 2. The summed E-state index contributed by atoms with van der Waals surface area (Å²) >= 11 is 2.24. The van der Waals surface area contributed by atoms with Gasteiger partial charge in [-0.3, -0.25) is 4.79 Å². The van der Waals surface area contributed by atoms with Crippen LogP contribution in [0.15, 0.2) is 59.7 Å². The molecule has 0 radical (unpaired) electrons. The molecule has 0 aliphatic rings. The van der Waals surface area contributed by atoms with Crippen LogP contribution in [0, 0.1) is 3.57 Å². The monoisotopic (exact) mass is 379 g/mol. The normalized spacial score (nSPS) is 10.4. The van der Waals surface area contributed by atoms with Crippen molar-refractivity contribution >= 4 is 40.4 Å². The van der Waals surface area contributed by atoms with Crippen LogP contribution in [0.5, 0.6) is 0 Å². The summed E-state index contributed by atoms with van der Waals surface area (Å²) in [5.74, 6) is -0.185. The number of carbonyl (C=O) groups excluding carboxylic acids is 1. The average molecular weight is 379 g/mol. The van der Waals surface area contributed by atoms with Gasteiger partial charge >= 0.3 is 0 Å². The number of hydrazone groups is 1. The Hall–Kier alpha value is -1.89. The number of amides is 1. The second-order valence-corrected chi connectivity index (χ2v) is 5.31. The minimum Gasteiger partial charge on any atom is -0.376 e. The van der Waals surface area contributed by atoms with Gasteiger partial charge in [0.1, 0.15) is 0 Å². The molecule has 0 saturated heterocycles. The molecule has 0 aromatic heterocycles. The van der Waals surface area contributed by atoms with Gasteiger partial charge in [-0.1, -0.05) is 30.3 Å². The van der Waals surface area contributed by atoms with Gasteiger partial charge in [0.15, 0.2) is 0 Å². The predicted octanol–water partition coefficient (Wildman–Crippen LogP) is 2.85. The van der Waals surface area contributed by atoms with Crippen molar-refractivity contribution in [2.75, 3.05) is 11.9 Å². The van der Waals surface area contributed by atoms with E-state index in [1.807, 2.05) is 54.6 Å². The van der Waals surface area contributed by atoms with Crippen molar-refractivity contribution in [1.82, 2.24) is 5.43 Å². The minimum atomic E-state index is -0.185. The lowest BCUT2D eigenvalue weighted by Crippen LogP contribution is -2.25. The first kappa shape index (κ1) is 14.5. The number of carbonyl (C=O) groups is 1. The predicted molar refractivity (Wildman–Crippen MR) is 89.8 cm³/mol. The van der Waals surface area contributed by atoms with E-state index in [0.29, 0.717) is 0 Å². The van der Waals surface area contributed by atoms with E-state index < -0.39 is 0 Å². The SMILES string of the molecule is O=C(CNc1ccc(I)cc1)N/N=C/c1ccccc1. The summed E-state index contributed by atoms with van der Waals surface area (Å²) in [5, 5.41) is 6.93. The van der Waals surface area contributed by atoms with Crippen LogP contribution in [0.4, 0.5) is 5.69 Å². The van der Waals surface area contributed by atoms with Crippen molar-refractivity contribution in [2.24, 2.45) is 5.10 Å². The van der Waals surface area contributed by atoms with Crippen LogP contribution in [0.1, 0.15) is 5.56 Å². The van der Waals surface area contributed by atoms with E-state index in [4.69, 9.17) is 0 Å². The Morgan fingerprint density at radius 1 is 1.10 bits per heavy atom. The molecule has 0 unspecified atom stereocenters. The first-order chi connectivity index (χ1) is 9.74. The Balaban J connectivity index is 1.76. The van der Waals surface area contributed by atoms with E-state index in [9.17, 15) is 4.79 Å². The number of rotatable bonds is 5. The van der Waals surface area contributed by atoms with Crippen LogP contribution in [0.25, 0.3) is 0 Å². The van der Waals surface area contributed by atoms with Crippen molar-refractivity contribution in [3.05, 3.63) is 63.7 Å². The van der Waals surface area contributed by atoms with Crippen molar-refractivity contribution in [3.8, 4) is 0 Å². The van der Waals surface area contributed by atoms with Crippen LogP contribution in [0.2, 0.25) is 0 Å². The summed E-state index contributed by atoms with van der Waals surface area (Å²) in [6, 6.07) is 17.4. The summed E-state index contributed by atoms with van der Waals surface area (Å²) in [5.41, 5.74) is 4.33. The topological polar surface area (TPSA) is 53.5 Å². The van der Waals surface area contributed by atoms with Gasteiger partial charge in [-0.15, -0.1) is 0 Å². The van der Waals surface area contributed by atoms with E-state index in [1.165, 1.54) is 0 Å². The highest BCUT2D eigenvalue weighted by Gasteiger charge is 1.99. The molecule has 2 aromatic carbocycles. The lowest BCUT2D eigenvalue weighted by molar-refractivity contribution is -0.119. The van der Waals surface area contributed by atoms with Crippen LogP contribution in [0.3, 0.4) is 0 Å². The maximum absolute atomic E-state index is 11.6. The summed E-state index contributed by atoms with van der Waals surface area (Å²) in [7, 11) is 0. The number of benzene rings is 2. The van der Waals surface area contributed by atoms with E-state index in [0.717, 1.165) is 14.8 Å². The quantitative estimate of drug-likeness (QED) is 0.477.